The molecule has 0 bridgehead atoms. The molecule has 122 valence electrons. The van der Waals surface area contributed by atoms with Gasteiger partial charge in [-0.1, -0.05) is 0 Å². The van der Waals surface area contributed by atoms with E-state index in [4.69, 9.17) is 10.5 Å². The summed E-state index contributed by atoms with van der Waals surface area (Å²) in [5, 5.41) is 7.59. The Morgan fingerprint density at radius 1 is 1.48 bits per heavy atom. The Labute approximate surface area is 133 Å². The first-order valence-corrected chi connectivity index (χ1v) is 7.65. The molecule has 1 aliphatic rings. The monoisotopic (exact) mass is 316 g/mol. The lowest BCUT2D eigenvalue weighted by Crippen LogP contribution is -2.42. The molecule has 1 fully saturated rings. The normalized spacial score (nSPS) is 15.4. The Kier molecular flexibility index (Phi) is 3.94. The molecule has 3 rings (SSSR count). The minimum atomic E-state index is -0.748. The number of amides is 2. The van der Waals surface area contributed by atoms with Crippen molar-refractivity contribution in [2.45, 2.75) is 25.8 Å². The van der Waals surface area contributed by atoms with E-state index in [0.29, 0.717) is 29.1 Å². The number of hydrogen-bond acceptors (Lipinski definition) is 4. The number of nitrogens with zero attached hydrogens (tertiary/aromatic N) is 2. The maximum absolute atomic E-state index is 12.4. The molecule has 0 radical (unpaired) electrons. The van der Waals surface area contributed by atoms with Gasteiger partial charge in [0.1, 0.15) is 17.5 Å². The molecule has 3 N–H and O–H groups in total. The zero-order valence-electron chi connectivity index (χ0n) is 13.2. The average molecular weight is 316 g/mol. The number of benzene rings is 1. The van der Waals surface area contributed by atoms with Crippen molar-refractivity contribution < 1.29 is 14.3 Å². The Bertz CT molecular complexity index is 764. The van der Waals surface area contributed by atoms with Crippen molar-refractivity contribution in [3.05, 3.63) is 23.9 Å². The Balaban J connectivity index is 1.87. The predicted octanol–water partition coefficient (Wildman–Crippen LogP) is 0.966. The van der Waals surface area contributed by atoms with Gasteiger partial charge in [0.2, 0.25) is 5.91 Å². The minimum absolute atomic E-state index is 0.380. The molecule has 23 heavy (non-hydrogen) atoms. The highest BCUT2D eigenvalue weighted by Crippen LogP contribution is 2.30. The van der Waals surface area contributed by atoms with Crippen LogP contribution in [0.5, 0.6) is 5.75 Å². The number of aromatic nitrogens is 2. The molecule has 0 spiro atoms. The maximum Gasteiger partial charge on any atom is 0.270 e. The van der Waals surface area contributed by atoms with Crippen LogP contribution in [0.3, 0.4) is 0 Å². The van der Waals surface area contributed by atoms with Gasteiger partial charge in [-0.05, 0) is 43.9 Å². The Morgan fingerprint density at radius 3 is 2.87 bits per heavy atom. The largest absolute Gasteiger partial charge is 0.493 e. The van der Waals surface area contributed by atoms with Gasteiger partial charge < -0.3 is 15.8 Å². The van der Waals surface area contributed by atoms with Gasteiger partial charge in [0, 0.05) is 12.4 Å². The Morgan fingerprint density at radius 2 is 2.22 bits per heavy atom. The van der Waals surface area contributed by atoms with Crippen molar-refractivity contribution >= 4 is 22.7 Å². The first-order valence-electron chi connectivity index (χ1n) is 7.65. The van der Waals surface area contributed by atoms with Crippen molar-refractivity contribution in [2.24, 2.45) is 18.7 Å². The van der Waals surface area contributed by atoms with Gasteiger partial charge in [-0.3, -0.25) is 14.3 Å². The van der Waals surface area contributed by atoms with Crippen molar-refractivity contribution in [1.82, 2.24) is 15.1 Å². The number of carbonyl (C=O) groups is 2. The number of hydrogen-bond donors (Lipinski definition) is 2. The van der Waals surface area contributed by atoms with Gasteiger partial charge >= 0.3 is 0 Å². The van der Waals surface area contributed by atoms with Crippen LogP contribution in [-0.2, 0) is 11.8 Å². The highest BCUT2D eigenvalue weighted by atomic mass is 16.5. The van der Waals surface area contributed by atoms with Crippen molar-refractivity contribution in [3.63, 3.8) is 0 Å². The van der Waals surface area contributed by atoms with Gasteiger partial charge in [0.25, 0.3) is 5.91 Å². The molecule has 7 heteroatoms. The number of nitrogens with two attached hydrogens (primary N) is 1. The van der Waals surface area contributed by atoms with Gasteiger partial charge in [0.05, 0.1) is 12.1 Å². The second-order valence-corrected chi connectivity index (χ2v) is 6.00. The third-order valence-corrected chi connectivity index (χ3v) is 3.98. The smallest absolute Gasteiger partial charge is 0.270 e. The van der Waals surface area contributed by atoms with Gasteiger partial charge in [-0.2, -0.15) is 5.10 Å². The molecule has 1 aromatic carbocycles. The van der Waals surface area contributed by atoms with Crippen LogP contribution in [0, 0.1) is 5.92 Å². The molecule has 1 saturated carbocycles. The van der Waals surface area contributed by atoms with Crippen LogP contribution in [0.2, 0.25) is 0 Å². The number of carbonyl (C=O) groups excluding carboxylic acids is 2. The number of ether oxygens (including phenoxy) is 1. The summed E-state index contributed by atoms with van der Waals surface area (Å²) in [5.41, 5.74) is 6.27. The third-order valence-electron chi connectivity index (χ3n) is 3.98. The fourth-order valence-electron chi connectivity index (χ4n) is 2.37. The van der Waals surface area contributed by atoms with Crippen LogP contribution in [0.4, 0.5) is 0 Å². The summed E-state index contributed by atoms with van der Waals surface area (Å²) in [6.07, 6.45) is 2.43. The van der Waals surface area contributed by atoms with Crippen LogP contribution < -0.4 is 15.8 Å². The van der Waals surface area contributed by atoms with E-state index in [0.717, 1.165) is 5.75 Å². The van der Waals surface area contributed by atoms with E-state index < -0.39 is 11.9 Å². The summed E-state index contributed by atoms with van der Waals surface area (Å²) in [6, 6.07) is 4.74. The fourth-order valence-corrected chi connectivity index (χ4v) is 2.37. The summed E-state index contributed by atoms with van der Waals surface area (Å²) in [6.45, 7) is 2.25. The quantitative estimate of drug-likeness (QED) is 0.829. The number of aryl methyl sites for hydroxylation is 1. The van der Waals surface area contributed by atoms with Crippen LogP contribution in [0.15, 0.2) is 18.2 Å². The molecule has 1 aromatic heterocycles. The number of rotatable bonds is 6. The predicted molar refractivity (Wildman–Crippen MR) is 85.1 cm³/mol. The van der Waals surface area contributed by atoms with E-state index in [1.54, 1.807) is 14.0 Å². The fraction of sp³-hybridized carbons (Fsp3) is 0.438. The van der Waals surface area contributed by atoms with E-state index in [1.165, 1.54) is 17.5 Å². The second kappa shape index (κ2) is 5.91. The van der Waals surface area contributed by atoms with Crippen LogP contribution >= 0.6 is 0 Å². The number of fused-ring (bicyclic) bond motifs is 1. The Hall–Kier alpha value is -2.57. The maximum atomic E-state index is 12.4. The highest BCUT2D eigenvalue weighted by molar-refractivity contribution is 6.06. The summed E-state index contributed by atoms with van der Waals surface area (Å²) in [5.74, 6) is 0.395. The van der Waals surface area contributed by atoms with E-state index in [2.05, 4.69) is 10.4 Å². The molecule has 7 nitrogen and oxygen atoms in total. The van der Waals surface area contributed by atoms with E-state index in [1.807, 2.05) is 18.2 Å². The lowest BCUT2D eigenvalue weighted by molar-refractivity contribution is -0.119. The van der Waals surface area contributed by atoms with E-state index in [-0.39, 0.29) is 5.91 Å². The first-order chi connectivity index (χ1) is 11.0. The number of nitrogens with one attached hydrogen (secondary N) is 1. The lowest BCUT2D eigenvalue weighted by Gasteiger charge is -2.10. The molecule has 1 atom stereocenters. The molecule has 0 aliphatic heterocycles. The minimum Gasteiger partial charge on any atom is -0.493 e. The van der Waals surface area contributed by atoms with Crippen molar-refractivity contribution in [3.8, 4) is 5.75 Å². The van der Waals surface area contributed by atoms with Crippen molar-refractivity contribution in [2.75, 3.05) is 6.61 Å². The number of primary amides is 1. The molecule has 1 aliphatic carbocycles. The SMILES string of the molecule is C[C@H](NC(=O)c1c2cc(OCC3CC3)ccc2nn1C)C(N)=O. The summed E-state index contributed by atoms with van der Waals surface area (Å²) < 4.78 is 7.26. The van der Waals surface area contributed by atoms with Gasteiger partial charge in [-0.15, -0.1) is 0 Å². The second-order valence-electron chi connectivity index (χ2n) is 6.00. The van der Waals surface area contributed by atoms with Crippen LogP contribution in [0.25, 0.3) is 10.9 Å². The van der Waals surface area contributed by atoms with E-state index in [9.17, 15) is 9.59 Å². The lowest BCUT2D eigenvalue weighted by atomic mass is 10.2. The molecule has 0 unspecified atom stereocenters. The molecule has 0 saturated heterocycles. The summed E-state index contributed by atoms with van der Waals surface area (Å²) in [4.78, 5) is 23.5. The van der Waals surface area contributed by atoms with Crippen LogP contribution in [-0.4, -0.2) is 34.2 Å². The van der Waals surface area contributed by atoms with Crippen LogP contribution in [0.1, 0.15) is 30.3 Å². The molecular weight excluding hydrogens is 296 g/mol. The van der Waals surface area contributed by atoms with Gasteiger partial charge in [0.15, 0.2) is 0 Å². The average Bonchev–Trinajstić information content (AvgIpc) is 3.26. The highest BCUT2D eigenvalue weighted by Gasteiger charge is 2.23. The third kappa shape index (κ3) is 3.28. The molecule has 1 heterocycles. The zero-order valence-corrected chi connectivity index (χ0v) is 13.2. The van der Waals surface area contributed by atoms with Crippen molar-refractivity contribution in [1.29, 1.82) is 0 Å². The van der Waals surface area contributed by atoms with Gasteiger partial charge in [-0.25, -0.2) is 0 Å². The summed E-state index contributed by atoms with van der Waals surface area (Å²) >= 11 is 0. The standard InChI is InChI=1S/C16H20N4O3/c1-9(15(17)21)18-16(22)14-12-7-11(23-8-10-3-4-10)5-6-13(12)19-20(14)2/h5-7,9-10H,3-4,8H2,1-2H3,(H2,17,21)(H,18,22)/t9-/m0/s1. The summed E-state index contributed by atoms with van der Waals surface area (Å²) in [7, 11) is 1.69. The topological polar surface area (TPSA) is 99.2 Å². The zero-order chi connectivity index (χ0) is 16.6. The molecular formula is C16H20N4O3. The molecule has 2 amide bonds. The first kappa shape index (κ1) is 15.3. The molecule has 2 aromatic rings. The van der Waals surface area contributed by atoms with E-state index >= 15 is 0 Å².